The van der Waals surface area contributed by atoms with Gasteiger partial charge in [-0.3, -0.25) is 10.1 Å². The number of thioether (sulfide) groups is 1. The van der Waals surface area contributed by atoms with Gasteiger partial charge < -0.3 is 15.5 Å². The van der Waals surface area contributed by atoms with Gasteiger partial charge in [0.15, 0.2) is 5.82 Å². The van der Waals surface area contributed by atoms with E-state index in [-0.39, 0.29) is 0 Å². The number of rotatable bonds is 10. The van der Waals surface area contributed by atoms with Crippen LogP contribution in [0.4, 0.5) is 0 Å². The first kappa shape index (κ1) is 17.7. The molecule has 0 aliphatic rings. The van der Waals surface area contributed by atoms with Crippen LogP contribution in [0.1, 0.15) is 9.88 Å². The molecule has 0 unspecified atom stereocenters. The SMILES string of the molecule is CN/C(=C\[N+](=O)[O-])NCCSCc1cnc(CN(C)C)s1. The quantitative estimate of drug-likeness (QED) is 0.380. The van der Waals surface area contributed by atoms with Gasteiger partial charge in [-0.1, -0.05) is 0 Å². The Morgan fingerprint density at radius 2 is 2.38 bits per heavy atom. The van der Waals surface area contributed by atoms with Gasteiger partial charge >= 0.3 is 0 Å². The van der Waals surface area contributed by atoms with E-state index in [1.54, 1.807) is 30.1 Å². The molecule has 1 heterocycles. The highest BCUT2D eigenvalue weighted by molar-refractivity contribution is 7.98. The van der Waals surface area contributed by atoms with Crippen LogP contribution in [0.5, 0.6) is 0 Å². The summed E-state index contributed by atoms with van der Waals surface area (Å²) in [4.78, 5) is 17.6. The van der Waals surface area contributed by atoms with Crippen molar-refractivity contribution in [1.82, 2.24) is 20.5 Å². The topological polar surface area (TPSA) is 83.3 Å². The molecular weight excluding hydrogens is 310 g/mol. The highest BCUT2D eigenvalue weighted by Gasteiger charge is 2.04. The van der Waals surface area contributed by atoms with Crippen LogP contribution < -0.4 is 10.6 Å². The second-order valence-electron chi connectivity index (χ2n) is 4.52. The third kappa shape index (κ3) is 7.88. The minimum Gasteiger partial charge on any atom is -0.370 e. The molecular formula is C12H21N5O2S2. The van der Waals surface area contributed by atoms with E-state index in [1.807, 2.05) is 20.3 Å². The summed E-state index contributed by atoms with van der Waals surface area (Å²) in [5, 5.41) is 17.2. The zero-order valence-corrected chi connectivity index (χ0v) is 14.1. The predicted octanol–water partition coefficient (Wildman–Crippen LogP) is 1.32. The normalized spacial score (nSPS) is 11.7. The van der Waals surface area contributed by atoms with Crippen molar-refractivity contribution in [2.75, 3.05) is 33.4 Å². The molecule has 0 aliphatic carbocycles. The van der Waals surface area contributed by atoms with E-state index in [4.69, 9.17) is 0 Å². The molecule has 7 nitrogen and oxygen atoms in total. The third-order valence-electron chi connectivity index (χ3n) is 2.36. The standard InChI is InChI=1S/C12H21N5O2S2/c1-13-11(7-17(18)19)14-4-5-20-9-10-6-15-12(21-10)8-16(2)3/h6-7,13-14H,4-5,8-9H2,1-3H3/b11-7+. The molecule has 0 bridgehead atoms. The minimum atomic E-state index is -0.477. The van der Waals surface area contributed by atoms with Gasteiger partial charge in [0.1, 0.15) is 5.01 Å². The van der Waals surface area contributed by atoms with Gasteiger partial charge in [0.2, 0.25) is 0 Å². The van der Waals surface area contributed by atoms with Crippen LogP contribution >= 0.6 is 23.1 Å². The maximum absolute atomic E-state index is 10.4. The van der Waals surface area contributed by atoms with E-state index >= 15 is 0 Å². The van der Waals surface area contributed by atoms with Gasteiger partial charge in [-0.05, 0) is 14.1 Å². The van der Waals surface area contributed by atoms with Gasteiger partial charge in [0, 0.05) is 42.7 Å². The van der Waals surface area contributed by atoms with Crippen LogP contribution in [-0.2, 0) is 12.3 Å². The van der Waals surface area contributed by atoms with Crippen molar-refractivity contribution in [2.45, 2.75) is 12.3 Å². The van der Waals surface area contributed by atoms with Crippen LogP contribution in [-0.4, -0.2) is 48.2 Å². The van der Waals surface area contributed by atoms with Crippen LogP contribution in [0.2, 0.25) is 0 Å². The maximum atomic E-state index is 10.4. The molecule has 0 aromatic carbocycles. The van der Waals surface area contributed by atoms with Crippen LogP contribution in [0.3, 0.4) is 0 Å². The number of nitrogens with zero attached hydrogens (tertiary/aromatic N) is 3. The Balaban J connectivity index is 2.22. The zero-order valence-electron chi connectivity index (χ0n) is 12.5. The van der Waals surface area contributed by atoms with Crippen molar-refractivity contribution in [3.05, 3.63) is 38.2 Å². The van der Waals surface area contributed by atoms with E-state index in [0.717, 1.165) is 29.3 Å². The molecule has 118 valence electrons. The van der Waals surface area contributed by atoms with Crippen LogP contribution in [0.15, 0.2) is 18.2 Å². The Morgan fingerprint density at radius 1 is 1.62 bits per heavy atom. The highest BCUT2D eigenvalue weighted by atomic mass is 32.2. The van der Waals surface area contributed by atoms with Crippen molar-refractivity contribution in [2.24, 2.45) is 0 Å². The van der Waals surface area contributed by atoms with Gasteiger partial charge in [-0.25, -0.2) is 4.98 Å². The molecule has 1 rings (SSSR count). The molecule has 0 amide bonds. The Bertz CT molecular complexity index is 476. The molecule has 0 saturated heterocycles. The van der Waals surface area contributed by atoms with Gasteiger partial charge in [-0.15, -0.1) is 11.3 Å². The second kappa shape index (κ2) is 9.59. The first-order valence-electron chi connectivity index (χ1n) is 6.44. The van der Waals surface area contributed by atoms with Crippen molar-refractivity contribution < 1.29 is 4.92 Å². The van der Waals surface area contributed by atoms with Crippen molar-refractivity contribution >= 4 is 23.1 Å². The molecule has 0 radical (unpaired) electrons. The zero-order chi connectivity index (χ0) is 15.7. The Hall–Kier alpha value is -1.32. The maximum Gasteiger partial charge on any atom is 0.274 e. The van der Waals surface area contributed by atoms with Gasteiger partial charge in [0.25, 0.3) is 6.20 Å². The van der Waals surface area contributed by atoms with Gasteiger partial charge in [0.05, 0.1) is 4.92 Å². The summed E-state index contributed by atoms with van der Waals surface area (Å²) in [5.74, 6) is 2.21. The molecule has 1 aromatic rings. The van der Waals surface area contributed by atoms with E-state index < -0.39 is 4.92 Å². The van der Waals surface area contributed by atoms with E-state index in [9.17, 15) is 10.1 Å². The molecule has 2 N–H and O–H groups in total. The van der Waals surface area contributed by atoms with E-state index in [0.29, 0.717) is 12.4 Å². The summed E-state index contributed by atoms with van der Waals surface area (Å²) in [6, 6.07) is 0. The average molecular weight is 331 g/mol. The summed E-state index contributed by atoms with van der Waals surface area (Å²) in [6.07, 6.45) is 2.86. The van der Waals surface area contributed by atoms with E-state index in [2.05, 4.69) is 20.5 Å². The summed E-state index contributed by atoms with van der Waals surface area (Å²) in [6.45, 7) is 1.54. The lowest BCUT2D eigenvalue weighted by molar-refractivity contribution is -0.404. The van der Waals surface area contributed by atoms with Crippen molar-refractivity contribution in [3.63, 3.8) is 0 Å². The van der Waals surface area contributed by atoms with E-state index in [1.165, 1.54) is 4.88 Å². The summed E-state index contributed by atoms with van der Waals surface area (Å²) in [7, 11) is 5.71. The fourth-order valence-corrected chi connectivity index (χ4v) is 3.48. The average Bonchev–Trinajstić information content (AvgIpc) is 2.83. The number of aromatic nitrogens is 1. The Morgan fingerprint density at radius 3 is 3.00 bits per heavy atom. The smallest absolute Gasteiger partial charge is 0.274 e. The number of thiazole rings is 1. The fourth-order valence-electron chi connectivity index (χ4n) is 1.49. The summed E-state index contributed by atoms with van der Waals surface area (Å²) >= 11 is 3.51. The third-order valence-corrected chi connectivity index (χ3v) is 4.54. The molecule has 0 saturated carbocycles. The Kier molecular flexibility index (Phi) is 8.09. The largest absolute Gasteiger partial charge is 0.370 e. The van der Waals surface area contributed by atoms with Gasteiger partial charge in [-0.2, -0.15) is 11.8 Å². The lowest BCUT2D eigenvalue weighted by Crippen LogP contribution is -2.26. The number of hydrogen-bond donors (Lipinski definition) is 2. The van der Waals surface area contributed by atoms with Crippen molar-refractivity contribution in [1.29, 1.82) is 0 Å². The van der Waals surface area contributed by atoms with Crippen LogP contribution in [0, 0.1) is 10.1 Å². The molecule has 9 heteroatoms. The molecule has 1 aromatic heterocycles. The molecule has 0 fully saturated rings. The summed E-state index contributed by atoms with van der Waals surface area (Å²) < 4.78 is 0. The Labute approximate surface area is 133 Å². The number of nitrogens with one attached hydrogen (secondary N) is 2. The monoisotopic (exact) mass is 331 g/mol. The molecule has 0 atom stereocenters. The summed E-state index contributed by atoms with van der Waals surface area (Å²) in [5.41, 5.74) is 0. The number of nitro groups is 1. The lowest BCUT2D eigenvalue weighted by Gasteiger charge is -2.07. The second-order valence-corrected chi connectivity index (χ2v) is 6.82. The predicted molar refractivity (Wildman–Crippen MR) is 87.8 cm³/mol. The minimum absolute atomic E-state index is 0.423. The first-order valence-corrected chi connectivity index (χ1v) is 8.41. The van der Waals surface area contributed by atoms with Crippen LogP contribution in [0.25, 0.3) is 0 Å². The number of hydrogen-bond acceptors (Lipinski definition) is 8. The van der Waals surface area contributed by atoms with Crippen molar-refractivity contribution in [3.8, 4) is 0 Å². The first-order chi connectivity index (χ1) is 10.0. The molecule has 0 aliphatic heterocycles. The highest BCUT2D eigenvalue weighted by Crippen LogP contribution is 2.19. The fraction of sp³-hybridized carbons (Fsp3) is 0.583. The molecule has 0 spiro atoms. The lowest BCUT2D eigenvalue weighted by atomic mass is 10.6. The molecule has 21 heavy (non-hydrogen) atoms.